The highest BCUT2D eigenvalue weighted by atomic mass is 19.1. The van der Waals surface area contributed by atoms with Crippen molar-refractivity contribution in [2.24, 2.45) is 0 Å². The summed E-state index contributed by atoms with van der Waals surface area (Å²) < 4.78 is 23.3. The molecule has 0 spiro atoms. The van der Waals surface area contributed by atoms with Crippen LogP contribution >= 0.6 is 0 Å². The monoisotopic (exact) mass is 212 g/mol. The third-order valence-electron chi connectivity index (χ3n) is 1.58. The van der Waals surface area contributed by atoms with Crippen LogP contribution in [0.15, 0.2) is 18.2 Å². The molecule has 0 radical (unpaired) electrons. The van der Waals surface area contributed by atoms with E-state index in [0.29, 0.717) is 12.0 Å². The van der Waals surface area contributed by atoms with Crippen molar-refractivity contribution in [3.05, 3.63) is 24.0 Å². The van der Waals surface area contributed by atoms with Gasteiger partial charge < -0.3 is 9.47 Å². The molecule has 0 saturated heterocycles. The number of hydrogen-bond acceptors (Lipinski definition) is 3. The molecular weight excluding hydrogens is 199 g/mol. The zero-order chi connectivity index (χ0) is 11.3. The predicted octanol–water partition coefficient (Wildman–Crippen LogP) is 2.19. The van der Waals surface area contributed by atoms with Crippen molar-refractivity contribution in [2.75, 3.05) is 6.61 Å². The van der Waals surface area contributed by atoms with Gasteiger partial charge in [0.15, 0.2) is 17.8 Å². The first-order valence-electron chi connectivity index (χ1n) is 4.66. The fourth-order valence-electron chi connectivity index (χ4n) is 1.07. The molecule has 0 unspecified atom stereocenters. The molecule has 82 valence electrons. The van der Waals surface area contributed by atoms with Gasteiger partial charge in [0.1, 0.15) is 12.4 Å². The lowest BCUT2D eigenvalue weighted by Crippen LogP contribution is -2.08. The van der Waals surface area contributed by atoms with Crippen molar-refractivity contribution in [1.29, 1.82) is 0 Å². The van der Waals surface area contributed by atoms with Crippen molar-refractivity contribution < 1.29 is 18.7 Å². The van der Waals surface area contributed by atoms with Crippen LogP contribution in [-0.4, -0.2) is 19.0 Å². The van der Waals surface area contributed by atoms with Crippen molar-refractivity contribution in [2.45, 2.75) is 20.0 Å². The van der Waals surface area contributed by atoms with E-state index in [4.69, 9.17) is 9.47 Å². The Balaban J connectivity index is 2.86. The average molecular weight is 212 g/mol. The molecule has 0 aliphatic carbocycles. The molecule has 1 rings (SSSR count). The molecule has 0 amide bonds. The van der Waals surface area contributed by atoms with Crippen molar-refractivity contribution in [3.63, 3.8) is 0 Å². The maximum Gasteiger partial charge on any atom is 0.164 e. The summed E-state index contributed by atoms with van der Waals surface area (Å²) in [5.41, 5.74) is 0. The average Bonchev–Trinajstić information content (AvgIpc) is 2.18. The molecule has 1 aromatic carbocycles. The van der Waals surface area contributed by atoms with Gasteiger partial charge in [0, 0.05) is 6.07 Å². The highest BCUT2D eigenvalue weighted by molar-refractivity contribution is 5.52. The minimum absolute atomic E-state index is 0.0333. The van der Waals surface area contributed by atoms with E-state index < -0.39 is 5.82 Å². The SMILES string of the molecule is CC(C)Oc1ccc(F)cc1OCC=O. The van der Waals surface area contributed by atoms with Crippen LogP contribution in [0.5, 0.6) is 11.5 Å². The number of hydrogen-bond donors (Lipinski definition) is 0. The van der Waals surface area contributed by atoms with E-state index in [2.05, 4.69) is 0 Å². The van der Waals surface area contributed by atoms with Crippen LogP contribution in [0.25, 0.3) is 0 Å². The molecule has 0 atom stereocenters. The standard InChI is InChI=1S/C11H13FO3/c1-8(2)15-10-4-3-9(12)7-11(10)14-6-5-13/h3-5,7-8H,6H2,1-2H3. The third kappa shape index (κ3) is 3.58. The van der Waals surface area contributed by atoms with Crippen LogP contribution in [0.2, 0.25) is 0 Å². The molecule has 0 aliphatic rings. The second kappa shape index (κ2) is 5.34. The Kier molecular flexibility index (Phi) is 4.09. The molecule has 0 aromatic heterocycles. The Labute approximate surface area is 87.8 Å². The smallest absolute Gasteiger partial charge is 0.164 e. The highest BCUT2D eigenvalue weighted by Gasteiger charge is 2.08. The van der Waals surface area contributed by atoms with E-state index in [1.54, 1.807) is 0 Å². The molecule has 0 heterocycles. The number of benzene rings is 1. The van der Waals surface area contributed by atoms with Gasteiger partial charge in [0.05, 0.1) is 6.10 Å². The summed E-state index contributed by atoms with van der Waals surface area (Å²) in [6.45, 7) is 3.59. The van der Waals surface area contributed by atoms with Gasteiger partial charge >= 0.3 is 0 Å². The Morgan fingerprint density at radius 1 is 1.40 bits per heavy atom. The molecule has 0 saturated carbocycles. The van der Waals surface area contributed by atoms with Crippen LogP contribution < -0.4 is 9.47 Å². The minimum Gasteiger partial charge on any atom is -0.487 e. The van der Waals surface area contributed by atoms with Gasteiger partial charge in [-0.05, 0) is 26.0 Å². The highest BCUT2D eigenvalue weighted by Crippen LogP contribution is 2.28. The largest absolute Gasteiger partial charge is 0.487 e. The topological polar surface area (TPSA) is 35.5 Å². The van der Waals surface area contributed by atoms with Gasteiger partial charge in [-0.1, -0.05) is 0 Å². The van der Waals surface area contributed by atoms with Crippen LogP contribution in [0.1, 0.15) is 13.8 Å². The van der Waals surface area contributed by atoms with Gasteiger partial charge in [-0.2, -0.15) is 0 Å². The maximum absolute atomic E-state index is 12.9. The summed E-state index contributed by atoms with van der Waals surface area (Å²) in [7, 11) is 0. The second-order valence-corrected chi connectivity index (χ2v) is 3.24. The molecule has 3 nitrogen and oxygen atoms in total. The first-order valence-corrected chi connectivity index (χ1v) is 4.66. The van der Waals surface area contributed by atoms with E-state index in [0.717, 1.165) is 0 Å². The molecule has 0 N–H and O–H groups in total. The summed E-state index contributed by atoms with van der Waals surface area (Å²) in [5, 5.41) is 0. The predicted molar refractivity (Wildman–Crippen MR) is 53.7 cm³/mol. The lowest BCUT2D eigenvalue weighted by molar-refractivity contribution is -0.109. The van der Waals surface area contributed by atoms with Crippen LogP contribution in [-0.2, 0) is 4.79 Å². The van der Waals surface area contributed by atoms with E-state index in [-0.39, 0.29) is 18.5 Å². The van der Waals surface area contributed by atoms with Crippen LogP contribution in [0.3, 0.4) is 0 Å². The number of ether oxygens (including phenoxy) is 2. The molecular formula is C11H13FO3. The number of carbonyl (C=O) groups excluding carboxylic acids is 1. The number of aldehydes is 1. The van der Waals surface area contributed by atoms with Gasteiger partial charge in [-0.3, -0.25) is 4.79 Å². The van der Waals surface area contributed by atoms with Gasteiger partial charge in [0.2, 0.25) is 0 Å². The second-order valence-electron chi connectivity index (χ2n) is 3.24. The fourth-order valence-corrected chi connectivity index (χ4v) is 1.07. The molecule has 1 aromatic rings. The molecule has 4 heteroatoms. The first kappa shape index (κ1) is 11.5. The van der Waals surface area contributed by atoms with Crippen molar-refractivity contribution in [1.82, 2.24) is 0 Å². The van der Waals surface area contributed by atoms with Gasteiger partial charge in [-0.15, -0.1) is 0 Å². The number of halogens is 1. The zero-order valence-electron chi connectivity index (χ0n) is 8.70. The van der Waals surface area contributed by atoms with Crippen LogP contribution in [0, 0.1) is 5.82 Å². The molecule has 0 aliphatic heterocycles. The normalized spacial score (nSPS) is 10.1. The summed E-state index contributed by atoms with van der Waals surface area (Å²) in [6.07, 6.45) is 0.568. The fraction of sp³-hybridized carbons (Fsp3) is 0.364. The summed E-state index contributed by atoms with van der Waals surface area (Å²) in [5.74, 6) is 0.260. The minimum atomic E-state index is -0.424. The third-order valence-corrected chi connectivity index (χ3v) is 1.58. The summed E-state index contributed by atoms with van der Waals surface area (Å²) in [6, 6.07) is 3.96. The summed E-state index contributed by atoms with van der Waals surface area (Å²) >= 11 is 0. The lowest BCUT2D eigenvalue weighted by Gasteiger charge is -2.13. The number of carbonyl (C=O) groups is 1. The maximum atomic E-state index is 12.9. The van der Waals surface area contributed by atoms with Crippen molar-refractivity contribution in [3.8, 4) is 11.5 Å². The summed E-state index contributed by atoms with van der Waals surface area (Å²) in [4.78, 5) is 10.1. The first-order chi connectivity index (χ1) is 7.13. The van der Waals surface area contributed by atoms with Gasteiger partial charge in [-0.25, -0.2) is 4.39 Å². The molecule has 0 bridgehead atoms. The van der Waals surface area contributed by atoms with E-state index >= 15 is 0 Å². The van der Waals surface area contributed by atoms with E-state index in [1.807, 2.05) is 13.8 Å². The van der Waals surface area contributed by atoms with Crippen molar-refractivity contribution >= 4 is 6.29 Å². The molecule has 0 fully saturated rings. The van der Waals surface area contributed by atoms with E-state index in [9.17, 15) is 9.18 Å². The lowest BCUT2D eigenvalue weighted by atomic mass is 10.3. The Morgan fingerprint density at radius 2 is 2.13 bits per heavy atom. The van der Waals surface area contributed by atoms with Gasteiger partial charge in [0.25, 0.3) is 0 Å². The van der Waals surface area contributed by atoms with Crippen LogP contribution in [0.4, 0.5) is 4.39 Å². The Bertz CT molecular complexity index is 337. The Hall–Kier alpha value is -1.58. The zero-order valence-corrected chi connectivity index (χ0v) is 8.70. The molecule has 15 heavy (non-hydrogen) atoms. The Morgan fingerprint density at radius 3 is 2.73 bits per heavy atom. The number of rotatable bonds is 5. The van der Waals surface area contributed by atoms with E-state index in [1.165, 1.54) is 18.2 Å². The quantitative estimate of drug-likeness (QED) is 0.702.